The van der Waals surface area contributed by atoms with Crippen molar-refractivity contribution in [3.05, 3.63) is 30.4 Å². The van der Waals surface area contributed by atoms with Gasteiger partial charge < -0.3 is 9.42 Å². The van der Waals surface area contributed by atoms with Crippen molar-refractivity contribution >= 4 is 5.91 Å². The Balaban J connectivity index is 1.35. The number of carbonyl (C=O) groups is 1. The number of aromatic nitrogens is 3. The Morgan fingerprint density at radius 1 is 1.25 bits per heavy atom. The Morgan fingerprint density at radius 3 is 2.96 bits per heavy atom. The van der Waals surface area contributed by atoms with Crippen LogP contribution in [0.1, 0.15) is 25.2 Å². The fourth-order valence-corrected chi connectivity index (χ4v) is 3.06. The van der Waals surface area contributed by atoms with Crippen molar-refractivity contribution in [2.45, 2.75) is 25.8 Å². The smallest absolute Gasteiger partial charge is 0.241 e. The molecule has 3 heterocycles. The molecule has 0 spiro atoms. The summed E-state index contributed by atoms with van der Waals surface area (Å²) >= 11 is 0. The van der Waals surface area contributed by atoms with Gasteiger partial charge in [-0.05, 0) is 31.4 Å². The monoisotopic (exact) mass is 327 g/mol. The quantitative estimate of drug-likeness (QED) is 0.848. The molecule has 2 aromatic rings. The minimum Gasteiger partial charge on any atom is -0.341 e. The molecule has 0 aromatic carbocycles. The van der Waals surface area contributed by atoms with Crippen molar-refractivity contribution in [2.75, 3.05) is 26.2 Å². The van der Waals surface area contributed by atoms with Gasteiger partial charge in [0.1, 0.15) is 0 Å². The average Bonchev–Trinajstić information content (AvgIpc) is 3.40. The van der Waals surface area contributed by atoms with Crippen LogP contribution in [0, 0.1) is 5.92 Å². The molecule has 1 aliphatic heterocycles. The van der Waals surface area contributed by atoms with Crippen LogP contribution < -0.4 is 0 Å². The molecule has 24 heavy (non-hydrogen) atoms. The summed E-state index contributed by atoms with van der Waals surface area (Å²) in [5.74, 6) is 1.82. The molecule has 1 saturated carbocycles. The third-order valence-electron chi connectivity index (χ3n) is 4.57. The molecule has 1 saturated heterocycles. The molecule has 7 heteroatoms. The average molecular weight is 327 g/mol. The van der Waals surface area contributed by atoms with E-state index in [0.717, 1.165) is 51.0 Å². The summed E-state index contributed by atoms with van der Waals surface area (Å²) < 4.78 is 5.37. The molecule has 0 unspecified atom stereocenters. The minimum absolute atomic E-state index is 0.300. The molecular weight excluding hydrogens is 306 g/mol. The Bertz CT molecular complexity index is 698. The Kier molecular flexibility index (Phi) is 4.25. The predicted molar refractivity (Wildman–Crippen MR) is 86.7 cm³/mol. The third kappa shape index (κ3) is 3.46. The molecule has 1 aliphatic carbocycles. The molecule has 2 fully saturated rings. The number of nitrogens with zero attached hydrogens (tertiary/aromatic N) is 5. The van der Waals surface area contributed by atoms with Crippen LogP contribution in [0.15, 0.2) is 29.0 Å². The van der Waals surface area contributed by atoms with Crippen molar-refractivity contribution in [3.8, 4) is 11.4 Å². The topological polar surface area (TPSA) is 75.4 Å². The summed E-state index contributed by atoms with van der Waals surface area (Å²) in [4.78, 5) is 25.0. The zero-order valence-corrected chi connectivity index (χ0v) is 13.6. The maximum Gasteiger partial charge on any atom is 0.241 e. The van der Waals surface area contributed by atoms with Crippen molar-refractivity contribution in [3.63, 3.8) is 0 Å². The lowest BCUT2D eigenvalue weighted by Crippen LogP contribution is -2.36. The number of hydrogen-bond donors (Lipinski definition) is 0. The molecule has 0 atom stereocenters. The van der Waals surface area contributed by atoms with Gasteiger partial charge in [0, 0.05) is 50.1 Å². The van der Waals surface area contributed by atoms with Gasteiger partial charge in [-0.15, -0.1) is 0 Å². The first-order chi connectivity index (χ1) is 11.8. The fraction of sp³-hybridized carbons (Fsp3) is 0.529. The Hall–Kier alpha value is -2.28. The second-order valence-corrected chi connectivity index (χ2v) is 6.48. The van der Waals surface area contributed by atoms with E-state index in [0.29, 0.717) is 30.1 Å². The Labute approximate surface area is 140 Å². The molecule has 126 valence electrons. The van der Waals surface area contributed by atoms with E-state index < -0.39 is 0 Å². The number of rotatable bonds is 4. The van der Waals surface area contributed by atoms with E-state index >= 15 is 0 Å². The van der Waals surface area contributed by atoms with Crippen LogP contribution in [0.3, 0.4) is 0 Å². The summed E-state index contributed by atoms with van der Waals surface area (Å²) in [6.45, 7) is 4.07. The largest absolute Gasteiger partial charge is 0.341 e. The lowest BCUT2D eigenvalue weighted by atomic mass is 10.3. The fourth-order valence-electron chi connectivity index (χ4n) is 3.06. The lowest BCUT2D eigenvalue weighted by molar-refractivity contribution is -0.132. The third-order valence-corrected chi connectivity index (χ3v) is 4.57. The van der Waals surface area contributed by atoms with Gasteiger partial charge in [-0.3, -0.25) is 14.7 Å². The summed E-state index contributed by atoms with van der Waals surface area (Å²) in [5, 5.41) is 4.03. The van der Waals surface area contributed by atoms with Crippen molar-refractivity contribution in [1.82, 2.24) is 24.9 Å². The van der Waals surface area contributed by atoms with Gasteiger partial charge in [0.05, 0.1) is 6.54 Å². The van der Waals surface area contributed by atoms with Crippen LogP contribution in [-0.4, -0.2) is 57.0 Å². The zero-order chi connectivity index (χ0) is 16.4. The van der Waals surface area contributed by atoms with Crippen LogP contribution in [-0.2, 0) is 11.3 Å². The molecule has 1 amide bonds. The highest BCUT2D eigenvalue weighted by Crippen LogP contribution is 2.31. The summed E-state index contributed by atoms with van der Waals surface area (Å²) in [6, 6.07) is 3.76. The maximum absolute atomic E-state index is 12.2. The molecule has 0 N–H and O–H groups in total. The lowest BCUT2D eigenvalue weighted by Gasteiger charge is -2.21. The molecule has 2 aliphatic rings. The number of amides is 1. The highest BCUT2D eigenvalue weighted by Gasteiger charge is 2.34. The van der Waals surface area contributed by atoms with Crippen molar-refractivity contribution < 1.29 is 9.32 Å². The summed E-state index contributed by atoms with van der Waals surface area (Å²) in [6.07, 6.45) is 6.57. The van der Waals surface area contributed by atoms with Crippen molar-refractivity contribution in [1.29, 1.82) is 0 Å². The Morgan fingerprint density at radius 2 is 2.17 bits per heavy atom. The van der Waals surface area contributed by atoms with Gasteiger partial charge >= 0.3 is 0 Å². The highest BCUT2D eigenvalue weighted by molar-refractivity contribution is 5.81. The highest BCUT2D eigenvalue weighted by atomic mass is 16.5. The standard InChI is InChI=1S/C17H21N5O2/c23-17(13-4-5-13)22-8-2-7-21(9-10-22)12-15-19-16(20-24-15)14-3-1-6-18-11-14/h1,3,6,11,13H,2,4-5,7-10,12H2. The molecular formula is C17H21N5O2. The zero-order valence-electron chi connectivity index (χ0n) is 13.6. The van der Waals surface area contributed by atoms with E-state index in [9.17, 15) is 4.79 Å². The first-order valence-corrected chi connectivity index (χ1v) is 8.54. The van der Waals surface area contributed by atoms with Gasteiger partial charge in [-0.1, -0.05) is 5.16 Å². The van der Waals surface area contributed by atoms with Crippen LogP contribution in [0.25, 0.3) is 11.4 Å². The van der Waals surface area contributed by atoms with Crippen LogP contribution >= 0.6 is 0 Å². The van der Waals surface area contributed by atoms with Crippen LogP contribution in [0.5, 0.6) is 0 Å². The van der Waals surface area contributed by atoms with Gasteiger partial charge in [-0.2, -0.15) is 4.98 Å². The van der Waals surface area contributed by atoms with Gasteiger partial charge in [0.25, 0.3) is 0 Å². The van der Waals surface area contributed by atoms with Gasteiger partial charge in [-0.25, -0.2) is 0 Å². The normalized spacial score (nSPS) is 19.2. The van der Waals surface area contributed by atoms with Gasteiger partial charge in [0.15, 0.2) is 0 Å². The molecule has 7 nitrogen and oxygen atoms in total. The van der Waals surface area contributed by atoms with E-state index in [1.165, 1.54) is 0 Å². The molecule has 0 bridgehead atoms. The number of carbonyl (C=O) groups excluding carboxylic acids is 1. The van der Waals surface area contributed by atoms with E-state index in [1.807, 2.05) is 17.0 Å². The summed E-state index contributed by atoms with van der Waals surface area (Å²) in [7, 11) is 0. The molecule has 4 rings (SSSR count). The van der Waals surface area contributed by atoms with E-state index in [2.05, 4.69) is 20.0 Å². The SMILES string of the molecule is O=C(C1CC1)N1CCCN(Cc2nc(-c3cccnc3)no2)CC1. The van der Waals surface area contributed by atoms with Gasteiger partial charge in [0.2, 0.25) is 17.6 Å². The summed E-state index contributed by atoms with van der Waals surface area (Å²) in [5.41, 5.74) is 0.851. The first kappa shape index (κ1) is 15.3. The van der Waals surface area contributed by atoms with Crippen LogP contribution in [0.2, 0.25) is 0 Å². The number of pyridine rings is 1. The molecule has 2 aromatic heterocycles. The second-order valence-electron chi connectivity index (χ2n) is 6.48. The predicted octanol–water partition coefficient (Wildman–Crippen LogP) is 1.58. The van der Waals surface area contributed by atoms with E-state index in [-0.39, 0.29) is 0 Å². The van der Waals surface area contributed by atoms with Crippen molar-refractivity contribution in [2.24, 2.45) is 5.92 Å². The van der Waals surface area contributed by atoms with E-state index in [1.54, 1.807) is 12.4 Å². The maximum atomic E-state index is 12.2. The second kappa shape index (κ2) is 6.68. The number of hydrogen-bond acceptors (Lipinski definition) is 6. The minimum atomic E-state index is 0.300. The molecule has 0 radical (unpaired) electrons. The first-order valence-electron chi connectivity index (χ1n) is 8.54. The van der Waals surface area contributed by atoms with Crippen LogP contribution in [0.4, 0.5) is 0 Å². The van der Waals surface area contributed by atoms with E-state index in [4.69, 9.17) is 4.52 Å².